The van der Waals surface area contributed by atoms with Crippen molar-refractivity contribution in [1.82, 2.24) is 4.98 Å². The van der Waals surface area contributed by atoms with Gasteiger partial charge >= 0.3 is 5.63 Å². The van der Waals surface area contributed by atoms with E-state index in [1.807, 2.05) is 25.1 Å². The Labute approximate surface area is 205 Å². The Bertz CT molecular complexity index is 1120. The molecule has 4 fully saturated rings. The van der Waals surface area contributed by atoms with Crippen LogP contribution in [0.5, 0.6) is 0 Å². The molecule has 3 heteroatoms. The largest absolute Gasteiger partial charge is 0.408 e. The molecule has 34 heavy (non-hydrogen) atoms. The summed E-state index contributed by atoms with van der Waals surface area (Å²) in [7, 11) is 0. The van der Waals surface area contributed by atoms with Gasteiger partial charge in [0.05, 0.1) is 10.9 Å². The van der Waals surface area contributed by atoms with Crippen molar-refractivity contribution in [2.75, 3.05) is 0 Å². The van der Waals surface area contributed by atoms with Gasteiger partial charge in [-0.15, -0.1) is 0 Å². The number of fused-ring (bicyclic) bond motifs is 6. The number of hydrogen-bond acceptors (Lipinski definition) is 3. The van der Waals surface area contributed by atoms with Gasteiger partial charge in [-0.1, -0.05) is 38.8 Å². The number of aromatic nitrogens is 1. The Balaban J connectivity index is 1.14. The van der Waals surface area contributed by atoms with E-state index in [0.717, 1.165) is 53.5 Å². The molecule has 7 unspecified atom stereocenters. The van der Waals surface area contributed by atoms with Gasteiger partial charge in [-0.05, 0) is 123 Å². The molecule has 4 saturated carbocycles. The summed E-state index contributed by atoms with van der Waals surface area (Å²) in [6, 6.07) is 5.75. The Hall–Kier alpha value is -1.64. The van der Waals surface area contributed by atoms with Crippen molar-refractivity contribution < 1.29 is 4.42 Å². The topological polar surface area (TPSA) is 43.1 Å². The second kappa shape index (κ2) is 8.49. The zero-order chi connectivity index (χ0) is 23.5. The van der Waals surface area contributed by atoms with E-state index in [0.29, 0.717) is 22.1 Å². The number of rotatable bonds is 4. The van der Waals surface area contributed by atoms with E-state index in [1.165, 1.54) is 70.6 Å². The maximum absolute atomic E-state index is 12.5. The predicted molar refractivity (Wildman–Crippen MR) is 138 cm³/mol. The quantitative estimate of drug-likeness (QED) is 0.465. The first kappa shape index (κ1) is 22.8. The van der Waals surface area contributed by atoms with Crippen LogP contribution in [0.2, 0.25) is 0 Å². The highest BCUT2D eigenvalue weighted by molar-refractivity contribution is 5.80. The molecule has 4 aliphatic carbocycles. The lowest BCUT2D eigenvalue weighted by Gasteiger charge is -2.60. The minimum absolute atomic E-state index is 0.235. The van der Waals surface area contributed by atoms with E-state index >= 15 is 0 Å². The van der Waals surface area contributed by atoms with Crippen LogP contribution in [0.15, 0.2) is 27.4 Å². The highest BCUT2D eigenvalue weighted by Gasteiger charge is 2.59. The molecule has 1 aromatic heterocycles. The Morgan fingerprint density at radius 2 is 1.82 bits per heavy atom. The number of aryl methyl sites for hydroxylation is 2. The maximum atomic E-state index is 12.5. The van der Waals surface area contributed by atoms with Crippen molar-refractivity contribution in [3.63, 3.8) is 0 Å². The molecule has 0 aliphatic heterocycles. The zero-order valence-corrected chi connectivity index (χ0v) is 21.6. The summed E-state index contributed by atoms with van der Waals surface area (Å²) in [4.78, 5) is 17.2. The minimum Gasteiger partial charge on any atom is -0.408 e. The third-order valence-corrected chi connectivity index (χ3v) is 11.6. The number of para-hydroxylation sites is 1. The molecule has 0 amide bonds. The van der Waals surface area contributed by atoms with Crippen LogP contribution in [-0.2, 0) is 6.42 Å². The van der Waals surface area contributed by atoms with Crippen LogP contribution in [0.4, 0.5) is 0 Å². The van der Waals surface area contributed by atoms with Crippen molar-refractivity contribution in [3.8, 4) is 0 Å². The SMILES string of the molecule is Cc1cccc2c(=O)oc(CCCC3CCC4C5CCC6CCCCC6(C)C5CCC34C)nc12. The molecule has 7 atom stereocenters. The smallest absolute Gasteiger partial charge is 0.346 e. The van der Waals surface area contributed by atoms with Crippen LogP contribution in [0.1, 0.15) is 102 Å². The first-order valence-corrected chi connectivity index (χ1v) is 14.3. The van der Waals surface area contributed by atoms with Gasteiger partial charge in [0, 0.05) is 6.42 Å². The van der Waals surface area contributed by atoms with E-state index in [9.17, 15) is 4.79 Å². The normalized spacial score (nSPS) is 39.4. The molecule has 1 heterocycles. The highest BCUT2D eigenvalue weighted by Crippen LogP contribution is 2.67. The molecule has 0 spiro atoms. The van der Waals surface area contributed by atoms with E-state index in [2.05, 4.69) is 13.8 Å². The van der Waals surface area contributed by atoms with Gasteiger partial charge in [0.2, 0.25) is 0 Å². The first-order valence-electron chi connectivity index (χ1n) is 14.3. The highest BCUT2D eigenvalue weighted by atomic mass is 16.4. The lowest BCUT2D eigenvalue weighted by atomic mass is 9.45. The summed E-state index contributed by atoms with van der Waals surface area (Å²) < 4.78 is 5.61. The fourth-order valence-corrected chi connectivity index (χ4v) is 9.77. The van der Waals surface area contributed by atoms with Crippen LogP contribution in [0.25, 0.3) is 10.9 Å². The number of hydrogen-bond donors (Lipinski definition) is 0. The van der Waals surface area contributed by atoms with Gasteiger partial charge in [-0.3, -0.25) is 0 Å². The monoisotopic (exact) mass is 461 g/mol. The number of nitrogens with zero attached hydrogens (tertiary/aromatic N) is 1. The lowest BCUT2D eigenvalue weighted by Crippen LogP contribution is -2.52. The molecule has 2 aromatic rings. The van der Waals surface area contributed by atoms with Crippen LogP contribution in [0, 0.1) is 47.3 Å². The number of benzene rings is 1. The zero-order valence-electron chi connectivity index (χ0n) is 21.6. The molecule has 0 bridgehead atoms. The summed E-state index contributed by atoms with van der Waals surface area (Å²) in [5, 5.41) is 0.605. The molecule has 0 radical (unpaired) electrons. The van der Waals surface area contributed by atoms with Crippen LogP contribution in [0.3, 0.4) is 0 Å². The van der Waals surface area contributed by atoms with Gasteiger partial charge in [0.15, 0.2) is 5.89 Å². The van der Waals surface area contributed by atoms with Crippen molar-refractivity contribution >= 4 is 10.9 Å². The molecule has 0 N–H and O–H groups in total. The van der Waals surface area contributed by atoms with E-state index in [1.54, 1.807) is 0 Å². The second-order valence-corrected chi connectivity index (χ2v) is 13.0. The summed E-state index contributed by atoms with van der Waals surface area (Å²) in [5.41, 5.74) is 2.79. The van der Waals surface area contributed by atoms with Gasteiger partial charge in [-0.25, -0.2) is 9.78 Å². The van der Waals surface area contributed by atoms with Crippen LogP contribution >= 0.6 is 0 Å². The molecule has 184 valence electrons. The van der Waals surface area contributed by atoms with Gasteiger partial charge in [0.1, 0.15) is 0 Å². The van der Waals surface area contributed by atoms with Crippen LogP contribution < -0.4 is 5.63 Å². The molecule has 3 nitrogen and oxygen atoms in total. The Kier molecular flexibility index (Phi) is 5.69. The standard InChI is InChI=1S/C31H43NO2/c1-20-8-6-11-24-28(20)32-27(34-29(24)33)12-7-10-22-14-16-25-23-15-13-21-9-4-5-18-30(21,2)26(23)17-19-31(22,25)3/h6,8,11,21-23,25-26H,4-5,7,9-10,12-19H2,1-3H3. The Morgan fingerprint density at radius 1 is 0.971 bits per heavy atom. The second-order valence-electron chi connectivity index (χ2n) is 13.0. The lowest BCUT2D eigenvalue weighted by molar-refractivity contribution is -0.111. The third kappa shape index (κ3) is 3.51. The van der Waals surface area contributed by atoms with Crippen molar-refractivity contribution in [1.29, 1.82) is 0 Å². The summed E-state index contributed by atoms with van der Waals surface area (Å²) >= 11 is 0. The van der Waals surface area contributed by atoms with Crippen LogP contribution in [-0.4, -0.2) is 4.98 Å². The summed E-state index contributed by atoms with van der Waals surface area (Å²) in [6.07, 6.45) is 17.8. The molecule has 1 aromatic carbocycles. The van der Waals surface area contributed by atoms with Gasteiger partial charge < -0.3 is 4.42 Å². The van der Waals surface area contributed by atoms with E-state index in [-0.39, 0.29) is 5.63 Å². The maximum Gasteiger partial charge on any atom is 0.346 e. The predicted octanol–water partition coefficient (Wildman–Crippen LogP) is 7.87. The molecular weight excluding hydrogens is 418 g/mol. The van der Waals surface area contributed by atoms with Crippen molar-refractivity contribution in [2.45, 2.75) is 104 Å². The minimum atomic E-state index is -0.235. The summed E-state index contributed by atoms with van der Waals surface area (Å²) in [6.45, 7) is 7.36. The third-order valence-electron chi connectivity index (χ3n) is 11.6. The summed E-state index contributed by atoms with van der Waals surface area (Å²) in [5.74, 6) is 5.36. The average Bonchev–Trinajstić information content (AvgIpc) is 3.16. The molecular formula is C31H43NO2. The molecule has 0 saturated heterocycles. The Morgan fingerprint density at radius 3 is 2.71 bits per heavy atom. The fraction of sp³-hybridized carbons (Fsp3) is 0.742. The van der Waals surface area contributed by atoms with E-state index in [4.69, 9.17) is 9.40 Å². The van der Waals surface area contributed by atoms with Crippen molar-refractivity contribution in [2.24, 2.45) is 40.4 Å². The van der Waals surface area contributed by atoms with Gasteiger partial charge in [0.25, 0.3) is 0 Å². The van der Waals surface area contributed by atoms with E-state index < -0.39 is 0 Å². The first-order chi connectivity index (χ1) is 16.4. The average molecular weight is 462 g/mol. The van der Waals surface area contributed by atoms with Crippen molar-refractivity contribution in [3.05, 3.63) is 40.1 Å². The molecule has 4 aliphatic rings. The fourth-order valence-electron chi connectivity index (χ4n) is 9.77. The van der Waals surface area contributed by atoms with Gasteiger partial charge in [-0.2, -0.15) is 0 Å². The molecule has 6 rings (SSSR count).